The van der Waals surface area contributed by atoms with Crippen molar-refractivity contribution >= 4 is 17.4 Å². The number of carbonyl (C=O) groups is 1. The fourth-order valence-corrected chi connectivity index (χ4v) is 1.38. The van der Waals surface area contributed by atoms with E-state index < -0.39 is 0 Å². The molecule has 14 heavy (non-hydrogen) atoms. The number of methoxy groups -OCH3 is 1. The van der Waals surface area contributed by atoms with E-state index in [1.54, 1.807) is 7.11 Å². The minimum atomic E-state index is 0.171. The minimum Gasteiger partial charge on any atom is -0.497 e. The first-order valence-electron chi connectivity index (χ1n) is 4.47. The number of hydrogen-bond donors (Lipinski definition) is 0. The van der Waals surface area contributed by atoms with Gasteiger partial charge in [0.05, 0.1) is 7.11 Å². The second-order valence-corrected chi connectivity index (χ2v) is 3.38. The summed E-state index contributed by atoms with van der Waals surface area (Å²) >= 11 is 5.47. The molecule has 1 rings (SSSR count). The van der Waals surface area contributed by atoms with Gasteiger partial charge in [-0.05, 0) is 17.7 Å². The zero-order valence-electron chi connectivity index (χ0n) is 8.13. The molecule has 0 N–H and O–H groups in total. The van der Waals surface area contributed by atoms with Crippen molar-refractivity contribution in [3.05, 3.63) is 29.8 Å². The van der Waals surface area contributed by atoms with Crippen molar-refractivity contribution in [1.29, 1.82) is 0 Å². The Labute approximate surface area is 88.8 Å². The molecule has 0 radical (unpaired) electrons. The molecule has 3 heteroatoms. The van der Waals surface area contributed by atoms with Crippen LogP contribution in [0.5, 0.6) is 5.75 Å². The number of Topliss-reactive ketones (excluding diaryl/α,β-unsaturated/α-hetero) is 1. The van der Waals surface area contributed by atoms with Gasteiger partial charge in [-0.25, -0.2) is 0 Å². The number of hydrogen-bond acceptors (Lipinski definition) is 2. The number of halogens is 1. The number of ether oxygens (including phenoxy) is 1. The predicted octanol–water partition coefficient (Wildman–Crippen LogP) is 2.44. The van der Waals surface area contributed by atoms with E-state index >= 15 is 0 Å². The average Bonchev–Trinajstić information content (AvgIpc) is 2.19. The quantitative estimate of drug-likeness (QED) is 0.701. The van der Waals surface area contributed by atoms with E-state index in [1.807, 2.05) is 24.3 Å². The molecule has 0 saturated heterocycles. The average molecular weight is 213 g/mol. The van der Waals surface area contributed by atoms with Crippen LogP contribution in [0.15, 0.2) is 24.3 Å². The lowest BCUT2D eigenvalue weighted by Gasteiger charge is -2.02. The second kappa shape index (κ2) is 5.66. The molecule has 0 atom stereocenters. The van der Waals surface area contributed by atoms with Crippen LogP contribution in [0.25, 0.3) is 0 Å². The number of alkyl halides is 1. The summed E-state index contributed by atoms with van der Waals surface area (Å²) in [6.45, 7) is 0. The summed E-state index contributed by atoms with van der Waals surface area (Å²) in [7, 11) is 1.62. The van der Waals surface area contributed by atoms with Crippen LogP contribution in [-0.2, 0) is 11.2 Å². The normalized spacial score (nSPS) is 9.86. The first-order valence-corrected chi connectivity index (χ1v) is 5.00. The van der Waals surface area contributed by atoms with Gasteiger partial charge in [-0.1, -0.05) is 12.1 Å². The molecule has 1 aromatic carbocycles. The zero-order valence-corrected chi connectivity index (χ0v) is 8.88. The van der Waals surface area contributed by atoms with Gasteiger partial charge < -0.3 is 4.74 Å². The Hall–Kier alpha value is -1.02. The van der Waals surface area contributed by atoms with Crippen LogP contribution in [0.3, 0.4) is 0 Å². The molecule has 0 unspecified atom stereocenters. The van der Waals surface area contributed by atoms with Gasteiger partial charge >= 0.3 is 0 Å². The number of rotatable bonds is 5. The molecule has 0 aliphatic carbocycles. The highest BCUT2D eigenvalue weighted by Crippen LogP contribution is 2.12. The molecule has 0 spiro atoms. The summed E-state index contributed by atoms with van der Waals surface area (Å²) in [6, 6.07) is 7.49. The van der Waals surface area contributed by atoms with E-state index in [1.165, 1.54) is 0 Å². The number of benzene rings is 1. The van der Waals surface area contributed by atoms with Gasteiger partial charge in [0.1, 0.15) is 11.5 Å². The highest BCUT2D eigenvalue weighted by Gasteiger charge is 2.02. The lowest BCUT2D eigenvalue weighted by atomic mass is 10.1. The van der Waals surface area contributed by atoms with Crippen LogP contribution in [0.1, 0.15) is 12.0 Å². The largest absolute Gasteiger partial charge is 0.497 e. The van der Waals surface area contributed by atoms with Crippen molar-refractivity contribution < 1.29 is 9.53 Å². The van der Waals surface area contributed by atoms with Crippen molar-refractivity contribution in [2.75, 3.05) is 13.0 Å². The van der Waals surface area contributed by atoms with Crippen LogP contribution in [0.4, 0.5) is 0 Å². The van der Waals surface area contributed by atoms with Crippen molar-refractivity contribution in [1.82, 2.24) is 0 Å². The highest BCUT2D eigenvalue weighted by atomic mass is 35.5. The summed E-state index contributed by atoms with van der Waals surface area (Å²) in [5.74, 6) is 1.37. The van der Waals surface area contributed by atoms with Gasteiger partial charge in [0.2, 0.25) is 0 Å². The first kappa shape index (κ1) is 11.1. The van der Waals surface area contributed by atoms with E-state index in [0.717, 1.165) is 11.3 Å². The molecular formula is C11H13ClO2. The zero-order chi connectivity index (χ0) is 10.4. The summed E-state index contributed by atoms with van der Waals surface area (Å²) in [5.41, 5.74) is 1.00. The molecule has 0 aliphatic rings. The maximum Gasteiger partial charge on any atom is 0.138 e. The predicted molar refractivity (Wildman–Crippen MR) is 57.0 cm³/mol. The Morgan fingerprint density at radius 2 is 2.00 bits per heavy atom. The summed E-state index contributed by atoms with van der Waals surface area (Å²) in [4.78, 5) is 11.3. The van der Waals surface area contributed by atoms with Crippen molar-refractivity contribution in [3.63, 3.8) is 0 Å². The van der Waals surface area contributed by atoms with Crippen LogP contribution in [0.2, 0.25) is 0 Å². The third-order valence-corrected chi connectivity index (χ3v) is 2.12. The highest BCUT2D eigenvalue weighted by molar-refractivity contribution is 6.19. The SMILES string of the molecule is COc1ccc(CC(=O)CCCl)cc1. The van der Waals surface area contributed by atoms with E-state index in [-0.39, 0.29) is 5.78 Å². The topological polar surface area (TPSA) is 26.3 Å². The van der Waals surface area contributed by atoms with E-state index in [4.69, 9.17) is 16.3 Å². The van der Waals surface area contributed by atoms with Gasteiger partial charge in [-0.2, -0.15) is 0 Å². The van der Waals surface area contributed by atoms with E-state index in [0.29, 0.717) is 18.7 Å². The van der Waals surface area contributed by atoms with Crippen molar-refractivity contribution in [2.24, 2.45) is 0 Å². The molecule has 0 heterocycles. The molecule has 0 saturated carbocycles. The summed E-state index contributed by atoms with van der Waals surface area (Å²) in [5, 5.41) is 0. The van der Waals surface area contributed by atoms with Gasteiger partial charge in [0, 0.05) is 18.7 Å². The van der Waals surface area contributed by atoms with E-state index in [2.05, 4.69) is 0 Å². The molecule has 1 aromatic rings. The van der Waals surface area contributed by atoms with Crippen LogP contribution in [0, 0.1) is 0 Å². The van der Waals surface area contributed by atoms with Crippen LogP contribution in [-0.4, -0.2) is 18.8 Å². The number of ketones is 1. The van der Waals surface area contributed by atoms with E-state index in [9.17, 15) is 4.79 Å². The smallest absolute Gasteiger partial charge is 0.138 e. The number of carbonyl (C=O) groups excluding carboxylic acids is 1. The molecule has 0 amide bonds. The van der Waals surface area contributed by atoms with Gasteiger partial charge in [-0.3, -0.25) is 4.79 Å². The van der Waals surface area contributed by atoms with Crippen LogP contribution >= 0.6 is 11.6 Å². The molecule has 0 aromatic heterocycles. The third kappa shape index (κ3) is 3.38. The fourth-order valence-electron chi connectivity index (χ4n) is 1.16. The van der Waals surface area contributed by atoms with Gasteiger partial charge in [0.25, 0.3) is 0 Å². The van der Waals surface area contributed by atoms with Gasteiger partial charge in [-0.15, -0.1) is 11.6 Å². The Morgan fingerprint density at radius 1 is 1.36 bits per heavy atom. The fraction of sp³-hybridized carbons (Fsp3) is 0.364. The molecule has 2 nitrogen and oxygen atoms in total. The Morgan fingerprint density at radius 3 is 2.50 bits per heavy atom. The molecule has 0 bridgehead atoms. The first-order chi connectivity index (χ1) is 6.76. The summed E-state index contributed by atoms with van der Waals surface area (Å²) < 4.78 is 5.02. The maximum absolute atomic E-state index is 11.3. The molecular weight excluding hydrogens is 200 g/mol. The van der Waals surface area contributed by atoms with Crippen molar-refractivity contribution in [2.45, 2.75) is 12.8 Å². The standard InChI is InChI=1S/C11H13ClO2/c1-14-11-4-2-9(3-5-11)8-10(13)6-7-12/h2-5H,6-8H2,1H3. The second-order valence-electron chi connectivity index (χ2n) is 3.00. The third-order valence-electron chi connectivity index (χ3n) is 1.93. The Bertz CT molecular complexity index is 293. The Balaban J connectivity index is 2.55. The molecule has 76 valence electrons. The summed E-state index contributed by atoms with van der Waals surface area (Å²) in [6.07, 6.45) is 0.893. The lowest BCUT2D eigenvalue weighted by molar-refractivity contribution is -0.118. The molecule has 0 fully saturated rings. The monoisotopic (exact) mass is 212 g/mol. The maximum atomic E-state index is 11.3. The molecule has 0 aliphatic heterocycles. The minimum absolute atomic E-state index is 0.171. The Kier molecular flexibility index (Phi) is 4.47. The van der Waals surface area contributed by atoms with Gasteiger partial charge in [0.15, 0.2) is 0 Å². The lowest BCUT2D eigenvalue weighted by Crippen LogP contribution is -2.02. The van der Waals surface area contributed by atoms with Crippen molar-refractivity contribution in [3.8, 4) is 5.75 Å². The van der Waals surface area contributed by atoms with Crippen LogP contribution < -0.4 is 4.74 Å².